The maximum Gasteiger partial charge on any atom is 0.124 e. The van der Waals surface area contributed by atoms with E-state index in [-0.39, 0.29) is 5.75 Å². The molecule has 0 unspecified atom stereocenters. The Labute approximate surface area is 59.6 Å². The van der Waals surface area contributed by atoms with Crippen molar-refractivity contribution in [2.75, 3.05) is 0 Å². The average Bonchev–Trinajstić information content (AvgIpc) is 1.88. The van der Waals surface area contributed by atoms with E-state index in [1.165, 1.54) is 0 Å². The summed E-state index contributed by atoms with van der Waals surface area (Å²) in [5, 5.41) is 16.4. The minimum atomic E-state index is 0.176. The summed E-state index contributed by atoms with van der Waals surface area (Å²) >= 11 is 0. The van der Waals surface area contributed by atoms with Gasteiger partial charge in [0.05, 0.1) is 0 Å². The molecule has 1 rings (SSSR count). The molecule has 10 heavy (non-hydrogen) atoms. The van der Waals surface area contributed by atoms with Gasteiger partial charge in [0.1, 0.15) is 5.75 Å². The van der Waals surface area contributed by atoms with Gasteiger partial charge in [0, 0.05) is 11.3 Å². The molecule has 2 N–H and O–H groups in total. The van der Waals surface area contributed by atoms with Crippen LogP contribution in [0.15, 0.2) is 24.3 Å². The summed E-state index contributed by atoms with van der Waals surface area (Å²) in [5.74, 6) is 0.176. The molecule has 1 aromatic rings. The lowest BCUT2D eigenvalue weighted by atomic mass is 10.1. The molecule has 0 bridgehead atoms. The first-order valence-corrected chi connectivity index (χ1v) is 3.05. The van der Waals surface area contributed by atoms with Gasteiger partial charge in [-0.15, -0.1) is 0 Å². The van der Waals surface area contributed by atoms with Crippen molar-refractivity contribution in [1.29, 1.82) is 5.41 Å². The first-order valence-electron chi connectivity index (χ1n) is 3.05. The van der Waals surface area contributed by atoms with E-state index in [9.17, 15) is 0 Å². The third kappa shape index (κ3) is 1.16. The van der Waals surface area contributed by atoms with Crippen molar-refractivity contribution >= 4 is 5.71 Å². The molecule has 0 saturated carbocycles. The summed E-state index contributed by atoms with van der Waals surface area (Å²) in [5.41, 5.74) is 0.987. The zero-order chi connectivity index (χ0) is 7.56. The fraction of sp³-hybridized carbons (Fsp3) is 0.125. The van der Waals surface area contributed by atoms with Crippen LogP contribution in [0.3, 0.4) is 0 Å². The Morgan fingerprint density at radius 2 is 2.00 bits per heavy atom. The maximum absolute atomic E-state index is 9.14. The lowest BCUT2D eigenvalue weighted by Crippen LogP contribution is -1.90. The van der Waals surface area contributed by atoms with Gasteiger partial charge in [-0.1, -0.05) is 12.1 Å². The molecular weight excluding hydrogens is 126 g/mol. The van der Waals surface area contributed by atoms with Gasteiger partial charge in [0.25, 0.3) is 0 Å². The molecule has 0 aliphatic rings. The minimum absolute atomic E-state index is 0.176. The molecule has 52 valence electrons. The summed E-state index contributed by atoms with van der Waals surface area (Å²) in [6.45, 7) is 1.65. The van der Waals surface area contributed by atoms with Crippen molar-refractivity contribution in [1.82, 2.24) is 0 Å². The van der Waals surface area contributed by atoms with Crippen LogP contribution in [0.4, 0.5) is 0 Å². The van der Waals surface area contributed by atoms with Gasteiger partial charge in [0.2, 0.25) is 0 Å². The number of benzene rings is 1. The molecule has 2 nitrogen and oxygen atoms in total. The van der Waals surface area contributed by atoms with E-state index in [0.29, 0.717) is 11.3 Å². The summed E-state index contributed by atoms with van der Waals surface area (Å²) in [6, 6.07) is 6.83. The normalized spacial score (nSPS) is 9.30. The largest absolute Gasteiger partial charge is 0.507 e. The van der Waals surface area contributed by atoms with E-state index in [4.69, 9.17) is 10.5 Å². The van der Waals surface area contributed by atoms with Crippen LogP contribution in [0.2, 0.25) is 0 Å². The third-order valence-electron chi connectivity index (χ3n) is 1.31. The highest BCUT2D eigenvalue weighted by Gasteiger charge is 1.98. The SMILES string of the molecule is CC(=N)c1ccccc1O. The Hall–Kier alpha value is -1.31. The Morgan fingerprint density at radius 1 is 1.40 bits per heavy atom. The van der Waals surface area contributed by atoms with Crippen molar-refractivity contribution in [2.45, 2.75) is 6.92 Å². The molecule has 0 saturated heterocycles. The van der Waals surface area contributed by atoms with Crippen LogP contribution in [0.1, 0.15) is 12.5 Å². The molecule has 0 radical (unpaired) electrons. The van der Waals surface area contributed by atoms with Gasteiger partial charge in [-0.05, 0) is 19.1 Å². The van der Waals surface area contributed by atoms with Crippen molar-refractivity contribution < 1.29 is 5.11 Å². The van der Waals surface area contributed by atoms with Crippen molar-refractivity contribution in [3.8, 4) is 5.75 Å². The zero-order valence-electron chi connectivity index (χ0n) is 5.76. The molecular formula is C8H9NO. The standard InChI is InChI=1S/C8H9NO/c1-6(9)7-4-2-3-5-8(7)10/h2-5,9-10H,1H3. The first-order chi connectivity index (χ1) is 4.72. The number of hydrogen-bond acceptors (Lipinski definition) is 2. The molecule has 0 heterocycles. The highest BCUT2D eigenvalue weighted by atomic mass is 16.3. The molecule has 0 fully saturated rings. The van der Waals surface area contributed by atoms with E-state index in [1.807, 2.05) is 0 Å². The van der Waals surface area contributed by atoms with Crippen molar-refractivity contribution in [3.05, 3.63) is 29.8 Å². The van der Waals surface area contributed by atoms with Gasteiger partial charge in [-0.25, -0.2) is 0 Å². The van der Waals surface area contributed by atoms with Crippen molar-refractivity contribution in [2.24, 2.45) is 0 Å². The van der Waals surface area contributed by atoms with Crippen LogP contribution >= 0.6 is 0 Å². The lowest BCUT2D eigenvalue weighted by molar-refractivity contribution is 0.474. The molecule has 0 atom stereocenters. The van der Waals surface area contributed by atoms with Crippen LogP contribution in [0.25, 0.3) is 0 Å². The summed E-state index contributed by atoms with van der Waals surface area (Å²) in [4.78, 5) is 0. The molecule has 2 heteroatoms. The van der Waals surface area contributed by atoms with E-state index in [1.54, 1.807) is 31.2 Å². The fourth-order valence-corrected chi connectivity index (χ4v) is 0.791. The zero-order valence-corrected chi connectivity index (χ0v) is 5.76. The third-order valence-corrected chi connectivity index (χ3v) is 1.31. The Bertz CT molecular complexity index is 255. The van der Waals surface area contributed by atoms with E-state index in [0.717, 1.165) is 0 Å². The topological polar surface area (TPSA) is 44.1 Å². The fourth-order valence-electron chi connectivity index (χ4n) is 0.791. The Balaban J connectivity index is 3.15. The Kier molecular flexibility index (Phi) is 1.71. The molecule has 0 aliphatic heterocycles. The molecule has 0 aromatic heterocycles. The number of rotatable bonds is 1. The predicted octanol–water partition coefficient (Wildman–Crippen LogP) is 1.78. The van der Waals surface area contributed by atoms with Crippen LogP contribution in [-0.2, 0) is 0 Å². The van der Waals surface area contributed by atoms with Crippen LogP contribution < -0.4 is 0 Å². The highest BCUT2D eigenvalue weighted by Crippen LogP contribution is 2.15. The second-order valence-electron chi connectivity index (χ2n) is 2.14. The number of phenolic OH excluding ortho intramolecular Hbond substituents is 1. The monoisotopic (exact) mass is 135 g/mol. The first kappa shape index (κ1) is 6.81. The second-order valence-corrected chi connectivity index (χ2v) is 2.14. The predicted molar refractivity (Wildman–Crippen MR) is 40.6 cm³/mol. The number of aromatic hydroxyl groups is 1. The molecule has 0 aliphatic carbocycles. The van der Waals surface area contributed by atoms with E-state index >= 15 is 0 Å². The van der Waals surface area contributed by atoms with Crippen LogP contribution in [0, 0.1) is 5.41 Å². The van der Waals surface area contributed by atoms with Gasteiger partial charge in [0.15, 0.2) is 0 Å². The number of phenols is 1. The minimum Gasteiger partial charge on any atom is -0.507 e. The number of para-hydroxylation sites is 1. The summed E-state index contributed by atoms with van der Waals surface area (Å²) < 4.78 is 0. The number of nitrogens with one attached hydrogen (secondary N) is 1. The Morgan fingerprint density at radius 3 is 2.40 bits per heavy atom. The molecule has 0 spiro atoms. The van der Waals surface area contributed by atoms with Gasteiger partial charge < -0.3 is 10.5 Å². The molecule has 1 aromatic carbocycles. The van der Waals surface area contributed by atoms with Crippen LogP contribution in [-0.4, -0.2) is 10.8 Å². The smallest absolute Gasteiger partial charge is 0.124 e. The quantitative estimate of drug-likeness (QED) is 0.566. The van der Waals surface area contributed by atoms with Gasteiger partial charge in [-0.2, -0.15) is 0 Å². The summed E-state index contributed by atoms with van der Waals surface area (Å²) in [6.07, 6.45) is 0. The van der Waals surface area contributed by atoms with E-state index in [2.05, 4.69) is 0 Å². The number of hydrogen-bond donors (Lipinski definition) is 2. The summed E-state index contributed by atoms with van der Waals surface area (Å²) in [7, 11) is 0. The van der Waals surface area contributed by atoms with E-state index < -0.39 is 0 Å². The lowest BCUT2D eigenvalue weighted by Gasteiger charge is -1.98. The maximum atomic E-state index is 9.14. The van der Waals surface area contributed by atoms with Crippen molar-refractivity contribution in [3.63, 3.8) is 0 Å². The van der Waals surface area contributed by atoms with Crippen LogP contribution in [0.5, 0.6) is 5.75 Å². The highest BCUT2D eigenvalue weighted by molar-refractivity contribution is 5.98. The second kappa shape index (κ2) is 2.52. The van der Waals surface area contributed by atoms with Gasteiger partial charge in [-0.3, -0.25) is 0 Å². The van der Waals surface area contributed by atoms with Gasteiger partial charge >= 0.3 is 0 Å². The molecule has 0 amide bonds. The average molecular weight is 135 g/mol.